The van der Waals surface area contributed by atoms with Gasteiger partial charge in [-0.3, -0.25) is 4.79 Å². The molecule has 0 unspecified atom stereocenters. The lowest BCUT2D eigenvalue weighted by atomic mass is 9.70. The summed E-state index contributed by atoms with van der Waals surface area (Å²) in [5.74, 6) is 0.426. The molecule has 0 spiro atoms. The quantitative estimate of drug-likeness (QED) is 0.477. The van der Waals surface area contributed by atoms with E-state index in [1.54, 1.807) is 0 Å². The van der Waals surface area contributed by atoms with Crippen molar-refractivity contribution >= 4 is 27.9 Å². The van der Waals surface area contributed by atoms with E-state index in [4.69, 9.17) is 5.53 Å². The van der Waals surface area contributed by atoms with Gasteiger partial charge in [-0.25, -0.2) is 0 Å². The van der Waals surface area contributed by atoms with Crippen LogP contribution >= 0.6 is 15.9 Å². The molecule has 2 rings (SSSR count). The highest BCUT2D eigenvalue weighted by molar-refractivity contribution is 9.10. The van der Waals surface area contributed by atoms with Crippen LogP contribution in [-0.2, 0) is 4.79 Å². The van der Waals surface area contributed by atoms with E-state index in [0.29, 0.717) is 5.92 Å². The molecule has 0 radical (unpaired) electrons. The van der Waals surface area contributed by atoms with Crippen molar-refractivity contribution in [3.8, 4) is 0 Å². The predicted octanol–water partition coefficient (Wildman–Crippen LogP) is 2.81. The third-order valence-electron chi connectivity index (χ3n) is 3.07. The summed E-state index contributed by atoms with van der Waals surface area (Å²) in [5, 5.41) is 0. The predicted molar refractivity (Wildman–Crippen MR) is 64.3 cm³/mol. The van der Waals surface area contributed by atoms with Crippen molar-refractivity contribution in [1.82, 2.24) is 0 Å². The summed E-state index contributed by atoms with van der Waals surface area (Å²) in [7, 11) is 0. The zero-order chi connectivity index (χ0) is 11.5. The molecule has 1 fully saturated rings. The van der Waals surface area contributed by atoms with Crippen molar-refractivity contribution in [3.05, 3.63) is 39.8 Å². The number of nitrogens with zero attached hydrogens (tertiary/aromatic N) is 2. The summed E-state index contributed by atoms with van der Waals surface area (Å²) in [6.45, 7) is 0. The Balaban J connectivity index is 1.95. The first-order valence-corrected chi connectivity index (χ1v) is 5.96. The summed E-state index contributed by atoms with van der Waals surface area (Å²) in [5.41, 5.74) is 9.53. The average molecular weight is 279 g/mol. The molecule has 0 atom stereocenters. The molecule has 0 saturated heterocycles. The van der Waals surface area contributed by atoms with Gasteiger partial charge in [-0.2, -0.15) is 4.79 Å². The second-order valence-corrected chi connectivity index (χ2v) is 4.98. The lowest BCUT2D eigenvalue weighted by Gasteiger charge is -2.32. The number of carbonyl (C=O) groups is 1. The molecule has 82 valence electrons. The van der Waals surface area contributed by atoms with Crippen LogP contribution in [0.3, 0.4) is 0 Å². The van der Waals surface area contributed by atoms with E-state index in [1.807, 2.05) is 12.1 Å². The molecular weight excluding hydrogens is 268 g/mol. The van der Waals surface area contributed by atoms with Crippen molar-refractivity contribution in [2.24, 2.45) is 5.92 Å². The van der Waals surface area contributed by atoms with E-state index in [1.165, 1.54) is 5.56 Å². The highest BCUT2D eigenvalue weighted by Gasteiger charge is 2.35. The summed E-state index contributed by atoms with van der Waals surface area (Å²) in [6.07, 6.45) is 2.71. The summed E-state index contributed by atoms with van der Waals surface area (Å²) in [6, 6.07) is 8.19. The van der Waals surface area contributed by atoms with E-state index in [2.05, 4.69) is 32.9 Å². The lowest BCUT2D eigenvalue weighted by molar-refractivity contribution is -0.122. The van der Waals surface area contributed by atoms with Crippen LogP contribution in [0, 0.1) is 5.92 Å². The SMILES string of the molecule is [N-]=[N+]=CC(=O)C1CC(c2ccc(Br)cc2)C1. The third kappa shape index (κ3) is 2.29. The second kappa shape index (κ2) is 4.73. The van der Waals surface area contributed by atoms with Gasteiger partial charge < -0.3 is 5.53 Å². The molecule has 1 aromatic carbocycles. The van der Waals surface area contributed by atoms with Gasteiger partial charge in [-0.05, 0) is 36.5 Å². The highest BCUT2D eigenvalue weighted by Crippen LogP contribution is 2.41. The number of hydrogen-bond acceptors (Lipinski definition) is 1. The lowest BCUT2D eigenvalue weighted by Crippen LogP contribution is -2.29. The Morgan fingerprint density at radius 2 is 2.00 bits per heavy atom. The average Bonchev–Trinajstić information content (AvgIpc) is 2.19. The van der Waals surface area contributed by atoms with Crippen LogP contribution in [0.4, 0.5) is 0 Å². The first-order chi connectivity index (χ1) is 7.70. The van der Waals surface area contributed by atoms with Crippen molar-refractivity contribution in [3.63, 3.8) is 0 Å². The third-order valence-corrected chi connectivity index (χ3v) is 3.60. The summed E-state index contributed by atoms with van der Waals surface area (Å²) < 4.78 is 1.07. The number of benzene rings is 1. The summed E-state index contributed by atoms with van der Waals surface area (Å²) >= 11 is 3.39. The van der Waals surface area contributed by atoms with Gasteiger partial charge in [0.15, 0.2) is 0 Å². The normalized spacial score (nSPS) is 23.1. The molecule has 1 saturated carbocycles. The molecule has 1 aliphatic rings. The van der Waals surface area contributed by atoms with Crippen LogP contribution in [0.25, 0.3) is 5.53 Å². The Kier molecular flexibility index (Phi) is 3.32. The minimum atomic E-state index is -0.0733. The maximum absolute atomic E-state index is 11.3. The number of rotatable bonds is 3. The maximum Gasteiger partial charge on any atom is 0.323 e. The number of carbonyl (C=O) groups excluding carboxylic acids is 1. The number of ketones is 1. The van der Waals surface area contributed by atoms with Gasteiger partial charge >= 0.3 is 6.21 Å². The zero-order valence-corrected chi connectivity index (χ0v) is 10.2. The minimum Gasteiger partial charge on any atom is -0.361 e. The van der Waals surface area contributed by atoms with E-state index < -0.39 is 0 Å². The molecule has 0 aromatic heterocycles. The van der Waals surface area contributed by atoms with Crippen LogP contribution < -0.4 is 0 Å². The van der Waals surface area contributed by atoms with E-state index in [0.717, 1.165) is 23.5 Å². The number of halogens is 1. The maximum atomic E-state index is 11.3. The highest BCUT2D eigenvalue weighted by atomic mass is 79.9. The Morgan fingerprint density at radius 3 is 2.56 bits per heavy atom. The van der Waals surface area contributed by atoms with Crippen LogP contribution in [0.1, 0.15) is 24.3 Å². The van der Waals surface area contributed by atoms with E-state index in [9.17, 15) is 4.79 Å². The molecule has 16 heavy (non-hydrogen) atoms. The van der Waals surface area contributed by atoms with Gasteiger partial charge in [-0.15, -0.1) is 0 Å². The molecule has 0 amide bonds. The van der Waals surface area contributed by atoms with Crippen molar-refractivity contribution in [2.45, 2.75) is 18.8 Å². The fraction of sp³-hybridized carbons (Fsp3) is 0.333. The van der Waals surface area contributed by atoms with Gasteiger partial charge in [-0.1, -0.05) is 28.1 Å². The molecule has 0 aliphatic heterocycles. The second-order valence-electron chi connectivity index (χ2n) is 4.06. The molecule has 0 N–H and O–H groups in total. The largest absolute Gasteiger partial charge is 0.361 e. The first kappa shape index (κ1) is 11.2. The summed E-state index contributed by atoms with van der Waals surface area (Å²) in [4.78, 5) is 14.1. The van der Waals surface area contributed by atoms with Gasteiger partial charge in [0.2, 0.25) is 5.78 Å². The van der Waals surface area contributed by atoms with Gasteiger partial charge in [0.1, 0.15) is 0 Å². The topological polar surface area (TPSA) is 53.5 Å². The van der Waals surface area contributed by atoms with Crippen LogP contribution in [0.2, 0.25) is 0 Å². The molecule has 1 aromatic rings. The first-order valence-electron chi connectivity index (χ1n) is 5.17. The van der Waals surface area contributed by atoms with E-state index in [-0.39, 0.29) is 11.7 Å². The fourth-order valence-electron chi connectivity index (χ4n) is 2.02. The number of Topliss-reactive ketones (excluding diaryl/α,β-unsaturated/α-hetero) is 1. The number of hydrogen-bond donors (Lipinski definition) is 0. The van der Waals surface area contributed by atoms with Crippen LogP contribution in [0.5, 0.6) is 0 Å². The fourth-order valence-corrected chi connectivity index (χ4v) is 2.28. The molecule has 3 nitrogen and oxygen atoms in total. The van der Waals surface area contributed by atoms with Crippen molar-refractivity contribution < 1.29 is 9.58 Å². The van der Waals surface area contributed by atoms with Crippen molar-refractivity contribution in [2.75, 3.05) is 0 Å². The zero-order valence-electron chi connectivity index (χ0n) is 8.64. The molecule has 1 aliphatic carbocycles. The van der Waals surface area contributed by atoms with Crippen LogP contribution in [-0.4, -0.2) is 16.8 Å². The standard InChI is InChI=1S/C12H11BrN2O/c13-11-3-1-8(2-4-11)9-5-10(6-9)12(16)7-15-14/h1-4,7,9-10H,5-6H2. The minimum absolute atomic E-state index is 0.0320. The van der Waals surface area contributed by atoms with Gasteiger partial charge in [0.05, 0.1) is 0 Å². The Bertz CT molecular complexity index is 443. The monoisotopic (exact) mass is 278 g/mol. The van der Waals surface area contributed by atoms with Crippen LogP contribution in [0.15, 0.2) is 28.7 Å². The molecule has 0 bridgehead atoms. The molecular formula is C12H11BrN2O. The smallest absolute Gasteiger partial charge is 0.323 e. The van der Waals surface area contributed by atoms with E-state index >= 15 is 0 Å². The Hall–Kier alpha value is -1.25. The van der Waals surface area contributed by atoms with Gasteiger partial charge in [0.25, 0.3) is 0 Å². The Morgan fingerprint density at radius 1 is 1.38 bits per heavy atom. The Labute approximate surface area is 102 Å². The molecule has 4 heteroatoms. The van der Waals surface area contributed by atoms with Gasteiger partial charge in [0, 0.05) is 10.4 Å². The molecule has 0 heterocycles. The van der Waals surface area contributed by atoms with Crippen molar-refractivity contribution in [1.29, 1.82) is 0 Å².